The number of benzene rings is 2. The van der Waals surface area contributed by atoms with Crippen LogP contribution in [0, 0.1) is 0 Å². The Morgan fingerprint density at radius 3 is 2.62 bits per heavy atom. The lowest BCUT2D eigenvalue weighted by Crippen LogP contribution is -2.36. The van der Waals surface area contributed by atoms with Gasteiger partial charge < -0.3 is 20.4 Å². The second kappa shape index (κ2) is 9.18. The summed E-state index contributed by atoms with van der Waals surface area (Å²) >= 11 is 0. The van der Waals surface area contributed by atoms with Crippen LogP contribution in [0.1, 0.15) is 31.1 Å². The van der Waals surface area contributed by atoms with Crippen LogP contribution in [0.5, 0.6) is 0 Å². The number of aliphatic imine (C=N–C) groups is 1. The van der Waals surface area contributed by atoms with Crippen molar-refractivity contribution < 1.29 is 14.3 Å². The van der Waals surface area contributed by atoms with Crippen LogP contribution in [0.3, 0.4) is 0 Å². The van der Waals surface area contributed by atoms with Crippen molar-refractivity contribution in [2.24, 2.45) is 4.99 Å². The summed E-state index contributed by atoms with van der Waals surface area (Å²) in [4.78, 5) is 57.7. The smallest absolute Gasteiger partial charge is 0.343 e. The maximum atomic E-state index is 13.1. The first-order chi connectivity index (χ1) is 16.3. The molecule has 0 saturated heterocycles. The van der Waals surface area contributed by atoms with Crippen molar-refractivity contribution in [3.05, 3.63) is 80.1 Å². The summed E-state index contributed by atoms with van der Waals surface area (Å²) in [5.41, 5.74) is 1.16. The van der Waals surface area contributed by atoms with E-state index in [0.29, 0.717) is 17.1 Å². The van der Waals surface area contributed by atoms with E-state index in [0.717, 1.165) is 4.57 Å². The number of fused-ring (bicyclic) bond motifs is 2. The van der Waals surface area contributed by atoms with Crippen LogP contribution in [0.15, 0.2) is 68.3 Å². The summed E-state index contributed by atoms with van der Waals surface area (Å²) in [6.07, 6.45) is 0. The van der Waals surface area contributed by atoms with Crippen molar-refractivity contribution in [3.63, 3.8) is 0 Å². The highest BCUT2D eigenvalue weighted by atomic mass is 16.5. The first kappa shape index (κ1) is 22.7. The Morgan fingerprint density at radius 1 is 1.12 bits per heavy atom. The molecule has 4 rings (SSSR count). The minimum absolute atomic E-state index is 0.0217. The van der Waals surface area contributed by atoms with Crippen LogP contribution >= 0.6 is 0 Å². The Hall–Kier alpha value is -4.47. The molecule has 3 aromatic rings. The molecule has 3 N–H and O–H groups in total. The predicted molar refractivity (Wildman–Crippen MR) is 128 cm³/mol. The van der Waals surface area contributed by atoms with Crippen LogP contribution in [-0.2, 0) is 16.1 Å². The number of aromatic amines is 1. The lowest BCUT2D eigenvalue weighted by molar-refractivity contribution is -0.137. The average Bonchev–Trinajstić information content (AvgIpc) is 2.94. The Bertz CT molecular complexity index is 1500. The van der Waals surface area contributed by atoms with Gasteiger partial charge in [0.05, 0.1) is 28.9 Å². The van der Waals surface area contributed by atoms with Gasteiger partial charge >= 0.3 is 11.7 Å². The van der Waals surface area contributed by atoms with Crippen molar-refractivity contribution in [1.29, 1.82) is 0 Å². The lowest BCUT2D eigenvalue weighted by Gasteiger charge is -2.13. The summed E-state index contributed by atoms with van der Waals surface area (Å²) in [7, 11) is 0. The number of nitrogens with zero attached hydrogens (tertiary/aromatic N) is 2. The molecular formula is C24H23N5O5. The van der Waals surface area contributed by atoms with Crippen LogP contribution in [0.25, 0.3) is 10.9 Å². The van der Waals surface area contributed by atoms with Crippen molar-refractivity contribution in [3.8, 4) is 0 Å². The van der Waals surface area contributed by atoms with Gasteiger partial charge in [0.25, 0.3) is 11.5 Å². The molecule has 34 heavy (non-hydrogen) atoms. The zero-order valence-corrected chi connectivity index (χ0v) is 18.9. The minimum atomic E-state index is -0.637. The van der Waals surface area contributed by atoms with Gasteiger partial charge in [-0.25, -0.2) is 14.6 Å². The van der Waals surface area contributed by atoms with Crippen molar-refractivity contribution in [2.75, 3.05) is 11.9 Å². The van der Waals surface area contributed by atoms with Gasteiger partial charge in [0.15, 0.2) is 0 Å². The molecule has 0 saturated carbocycles. The number of anilines is 1. The largest absolute Gasteiger partial charge is 0.462 e. The van der Waals surface area contributed by atoms with E-state index in [4.69, 9.17) is 4.74 Å². The van der Waals surface area contributed by atoms with Gasteiger partial charge in [-0.15, -0.1) is 0 Å². The normalized spacial score (nSPS) is 13.0. The van der Waals surface area contributed by atoms with Crippen LogP contribution in [0.2, 0.25) is 0 Å². The van der Waals surface area contributed by atoms with Gasteiger partial charge in [0.2, 0.25) is 0 Å². The van der Waals surface area contributed by atoms with E-state index in [2.05, 4.69) is 20.6 Å². The first-order valence-corrected chi connectivity index (χ1v) is 10.7. The SMILES string of the molecule is CCOC(=O)C1=C(C)Nc2ccccc2N=C1NC(=O)c1ccc2c(=O)n(CC)c(=O)[nH]c2c1. The minimum Gasteiger partial charge on any atom is -0.462 e. The van der Waals surface area contributed by atoms with E-state index in [1.165, 1.54) is 18.2 Å². The summed E-state index contributed by atoms with van der Waals surface area (Å²) in [6, 6.07) is 11.5. The number of carbonyl (C=O) groups is 2. The Morgan fingerprint density at radius 2 is 1.88 bits per heavy atom. The fraction of sp³-hybridized carbons (Fsp3) is 0.208. The van der Waals surface area contributed by atoms with Crippen molar-refractivity contribution in [1.82, 2.24) is 14.9 Å². The van der Waals surface area contributed by atoms with Gasteiger partial charge in [0, 0.05) is 17.8 Å². The molecule has 0 bridgehead atoms. The number of hydrogen-bond donors (Lipinski definition) is 3. The monoisotopic (exact) mass is 461 g/mol. The molecule has 10 nitrogen and oxygen atoms in total. The second-order valence-electron chi connectivity index (χ2n) is 7.52. The van der Waals surface area contributed by atoms with E-state index in [1.54, 1.807) is 39.0 Å². The van der Waals surface area contributed by atoms with E-state index in [1.807, 2.05) is 6.07 Å². The number of amides is 1. The fourth-order valence-electron chi connectivity index (χ4n) is 3.70. The van der Waals surface area contributed by atoms with Gasteiger partial charge in [-0.1, -0.05) is 12.1 Å². The zero-order chi connectivity index (χ0) is 24.4. The predicted octanol–water partition coefficient (Wildman–Crippen LogP) is 2.43. The molecule has 0 atom stereocenters. The lowest BCUT2D eigenvalue weighted by atomic mass is 10.1. The number of aromatic nitrogens is 2. The fourth-order valence-corrected chi connectivity index (χ4v) is 3.70. The number of hydrogen-bond acceptors (Lipinski definition) is 7. The number of para-hydroxylation sites is 2. The molecule has 2 aromatic carbocycles. The van der Waals surface area contributed by atoms with E-state index in [-0.39, 0.29) is 41.0 Å². The van der Waals surface area contributed by atoms with Gasteiger partial charge in [-0.2, -0.15) is 0 Å². The molecule has 2 heterocycles. The molecule has 1 amide bonds. The summed E-state index contributed by atoms with van der Waals surface area (Å²) in [5.74, 6) is -1.19. The zero-order valence-electron chi connectivity index (χ0n) is 18.9. The van der Waals surface area contributed by atoms with Crippen molar-refractivity contribution >= 4 is 40.0 Å². The van der Waals surface area contributed by atoms with E-state index >= 15 is 0 Å². The number of rotatable bonds is 4. The molecule has 0 unspecified atom stereocenters. The standard InChI is InChI=1S/C24H23N5O5/c1-4-29-22(31)15-11-10-14(12-18(15)27-24(29)33)21(30)28-20-19(23(32)34-5-2)13(3)25-16-8-6-7-9-17(16)26-20/h6-12,25H,4-5H2,1-3H3,(H,27,33)(H,26,28,30). The summed E-state index contributed by atoms with van der Waals surface area (Å²) < 4.78 is 6.26. The number of ether oxygens (including phenoxy) is 1. The Kier molecular flexibility index (Phi) is 6.13. The average molecular weight is 461 g/mol. The van der Waals surface area contributed by atoms with Gasteiger partial charge in [-0.05, 0) is 51.1 Å². The van der Waals surface area contributed by atoms with Crippen LogP contribution < -0.4 is 21.9 Å². The number of carbonyl (C=O) groups excluding carboxylic acids is 2. The third kappa shape index (κ3) is 4.13. The maximum Gasteiger partial charge on any atom is 0.343 e. The topological polar surface area (TPSA) is 135 Å². The second-order valence-corrected chi connectivity index (χ2v) is 7.52. The van der Waals surface area contributed by atoms with Crippen molar-refractivity contribution in [2.45, 2.75) is 27.3 Å². The highest BCUT2D eigenvalue weighted by molar-refractivity contribution is 6.25. The van der Waals surface area contributed by atoms with Gasteiger partial charge in [0.1, 0.15) is 11.4 Å². The first-order valence-electron chi connectivity index (χ1n) is 10.7. The molecule has 0 radical (unpaired) electrons. The summed E-state index contributed by atoms with van der Waals surface area (Å²) in [6.45, 7) is 5.45. The molecule has 1 aromatic heterocycles. The van der Waals surface area contributed by atoms with Crippen LogP contribution in [-0.4, -0.2) is 33.9 Å². The maximum absolute atomic E-state index is 13.1. The molecule has 174 valence electrons. The number of allylic oxidation sites excluding steroid dienone is 1. The Labute approximate surface area is 194 Å². The number of esters is 1. The molecule has 0 aliphatic carbocycles. The van der Waals surface area contributed by atoms with Crippen LogP contribution in [0.4, 0.5) is 11.4 Å². The molecular weight excluding hydrogens is 438 g/mol. The highest BCUT2D eigenvalue weighted by Crippen LogP contribution is 2.30. The quantitative estimate of drug-likeness (QED) is 0.511. The van der Waals surface area contributed by atoms with E-state index in [9.17, 15) is 19.2 Å². The van der Waals surface area contributed by atoms with E-state index < -0.39 is 23.1 Å². The molecule has 10 heteroatoms. The molecule has 1 aliphatic heterocycles. The summed E-state index contributed by atoms with van der Waals surface area (Å²) in [5, 5.41) is 6.11. The third-order valence-corrected chi connectivity index (χ3v) is 5.34. The number of H-pyrrole nitrogens is 1. The third-order valence-electron chi connectivity index (χ3n) is 5.34. The number of nitrogens with one attached hydrogen (secondary N) is 3. The molecule has 0 spiro atoms. The highest BCUT2D eigenvalue weighted by Gasteiger charge is 2.26. The number of amidine groups is 1. The molecule has 0 fully saturated rings. The van der Waals surface area contributed by atoms with Gasteiger partial charge in [-0.3, -0.25) is 14.2 Å². The molecule has 1 aliphatic rings. The Balaban J connectivity index is 1.76.